The second-order valence-corrected chi connectivity index (χ2v) is 7.02. The van der Waals surface area contributed by atoms with Gasteiger partial charge in [-0.05, 0) is 37.3 Å². The Bertz CT molecular complexity index is 678. The van der Waals surface area contributed by atoms with E-state index in [4.69, 9.17) is 4.99 Å². The second-order valence-electron chi connectivity index (χ2n) is 7.02. The Morgan fingerprint density at radius 3 is 2.88 bits per heavy atom. The molecule has 0 spiro atoms. The van der Waals surface area contributed by atoms with Crippen LogP contribution in [0, 0.1) is 5.41 Å². The van der Waals surface area contributed by atoms with E-state index in [0.717, 1.165) is 49.9 Å². The van der Waals surface area contributed by atoms with Gasteiger partial charge in [0.05, 0.1) is 5.69 Å². The first kappa shape index (κ1) is 20.0. The highest BCUT2D eigenvalue weighted by molar-refractivity contribution is 14.0. The van der Waals surface area contributed by atoms with E-state index in [1.165, 1.54) is 12.8 Å². The van der Waals surface area contributed by atoms with E-state index in [2.05, 4.69) is 46.6 Å². The van der Waals surface area contributed by atoms with E-state index in [1.54, 1.807) is 0 Å². The molecule has 0 aromatic carbocycles. The van der Waals surface area contributed by atoms with Crippen molar-refractivity contribution in [3.05, 3.63) is 36.3 Å². The molecule has 3 heterocycles. The highest BCUT2D eigenvalue weighted by Gasteiger charge is 2.33. The Labute approximate surface area is 167 Å². The van der Waals surface area contributed by atoms with Crippen molar-refractivity contribution in [1.82, 2.24) is 19.6 Å². The van der Waals surface area contributed by atoms with Crippen LogP contribution in [-0.2, 0) is 6.42 Å². The summed E-state index contributed by atoms with van der Waals surface area (Å²) < 4.78 is 2.07. The Morgan fingerprint density at radius 1 is 1.36 bits per heavy atom. The third-order valence-electron chi connectivity index (χ3n) is 5.09. The zero-order valence-corrected chi connectivity index (χ0v) is 17.9. The Balaban J connectivity index is 0.00000225. The summed E-state index contributed by atoms with van der Waals surface area (Å²) in [5, 5.41) is 3.45. The molecule has 2 aromatic rings. The summed E-state index contributed by atoms with van der Waals surface area (Å²) in [5.74, 6) is 1.05. The topological polar surface area (TPSA) is 44.9 Å². The summed E-state index contributed by atoms with van der Waals surface area (Å²) in [5.41, 5.74) is 2.53. The van der Waals surface area contributed by atoms with Gasteiger partial charge in [0.1, 0.15) is 5.65 Å². The first-order valence-electron chi connectivity index (χ1n) is 9.09. The van der Waals surface area contributed by atoms with Crippen LogP contribution in [0.3, 0.4) is 0 Å². The number of aliphatic imine (C=N–C) groups is 1. The van der Waals surface area contributed by atoms with Crippen molar-refractivity contribution in [3.8, 4) is 0 Å². The summed E-state index contributed by atoms with van der Waals surface area (Å²) in [7, 11) is 0. The van der Waals surface area contributed by atoms with Crippen molar-refractivity contribution >= 4 is 35.6 Å². The summed E-state index contributed by atoms with van der Waals surface area (Å²) in [6.07, 6.45) is 7.48. The van der Waals surface area contributed by atoms with Crippen LogP contribution in [0.5, 0.6) is 0 Å². The van der Waals surface area contributed by atoms with Gasteiger partial charge in [-0.25, -0.2) is 4.98 Å². The Morgan fingerprint density at radius 2 is 2.20 bits per heavy atom. The number of nitrogens with one attached hydrogen (secondary N) is 1. The number of aromatic nitrogens is 2. The molecule has 0 bridgehead atoms. The van der Waals surface area contributed by atoms with Crippen molar-refractivity contribution in [2.45, 2.75) is 40.0 Å². The Hall–Kier alpha value is -1.31. The average Bonchev–Trinajstić information content (AvgIpc) is 3.18. The average molecular weight is 455 g/mol. The van der Waals surface area contributed by atoms with Crippen LogP contribution in [0.2, 0.25) is 0 Å². The van der Waals surface area contributed by atoms with Crippen molar-refractivity contribution in [3.63, 3.8) is 0 Å². The number of pyridine rings is 1. The number of likely N-dealkylation sites (tertiary alicyclic amines) is 1. The van der Waals surface area contributed by atoms with E-state index in [9.17, 15) is 0 Å². The number of nitrogens with zero attached hydrogens (tertiary/aromatic N) is 4. The number of imidazole rings is 1. The number of hydrogen-bond donors (Lipinski definition) is 1. The van der Waals surface area contributed by atoms with E-state index in [1.807, 2.05) is 24.4 Å². The fraction of sp³-hybridized carbons (Fsp3) is 0.579. The lowest BCUT2D eigenvalue weighted by atomic mass is 9.87. The van der Waals surface area contributed by atoms with Crippen LogP contribution in [0.15, 0.2) is 35.6 Å². The molecule has 1 fully saturated rings. The quantitative estimate of drug-likeness (QED) is 0.426. The van der Waals surface area contributed by atoms with Gasteiger partial charge in [0, 0.05) is 45.0 Å². The first-order chi connectivity index (χ1) is 11.6. The fourth-order valence-electron chi connectivity index (χ4n) is 3.30. The predicted octanol–water partition coefficient (Wildman–Crippen LogP) is 3.58. The standard InChI is InChI=1S/C19H29N5.HI/c1-4-19(3)10-13-24(15-19)18(20-5-2)21-11-9-16-14-23-12-7-6-8-17(23)22-16;/h6-8,12,14H,4-5,9-11,13,15H2,1-3H3,(H,20,21);1H. The minimum absolute atomic E-state index is 0. The molecular formula is C19H30IN5. The molecule has 1 atom stereocenters. The monoisotopic (exact) mass is 455 g/mol. The number of rotatable bonds is 5. The van der Waals surface area contributed by atoms with Gasteiger partial charge in [0.25, 0.3) is 0 Å². The maximum absolute atomic E-state index is 4.84. The molecule has 1 aliphatic heterocycles. The molecule has 1 saturated heterocycles. The minimum atomic E-state index is 0. The maximum Gasteiger partial charge on any atom is 0.193 e. The molecule has 0 amide bonds. The van der Waals surface area contributed by atoms with Gasteiger partial charge >= 0.3 is 0 Å². The van der Waals surface area contributed by atoms with E-state index >= 15 is 0 Å². The molecule has 0 radical (unpaired) electrons. The van der Waals surface area contributed by atoms with Crippen LogP contribution in [0.4, 0.5) is 0 Å². The lowest BCUT2D eigenvalue weighted by molar-refractivity contribution is 0.322. The number of fused-ring (bicyclic) bond motifs is 1. The molecule has 138 valence electrons. The van der Waals surface area contributed by atoms with Crippen LogP contribution >= 0.6 is 24.0 Å². The molecule has 25 heavy (non-hydrogen) atoms. The molecule has 1 N–H and O–H groups in total. The van der Waals surface area contributed by atoms with E-state index < -0.39 is 0 Å². The molecule has 1 aliphatic rings. The van der Waals surface area contributed by atoms with Gasteiger partial charge in [-0.2, -0.15) is 0 Å². The highest BCUT2D eigenvalue weighted by atomic mass is 127. The summed E-state index contributed by atoms with van der Waals surface area (Å²) >= 11 is 0. The fourth-order valence-corrected chi connectivity index (χ4v) is 3.30. The second kappa shape index (κ2) is 8.87. The summed E-state index contributed by atoms with van der Waals surface area (Å²) in [4.78, 5) is 11.9. The van der Waals surface area contributed by atoms with Crippen LogP contribution in [0.25, 0.3) is 5.65 Å². The zero-order chi connectivity index (χ0) is 17.0. The zero-order valence-electron chi connectivity index (χ0n) is 15.5. The summed E-state index contributed by atoms with van der Waals surface area (Å²) in [6, 6.07) is 6.08. The van der Waals surface area contributed by atoms with Gasteiger partial charge in [0.15, 0.2) is 5.96 Å². The van der Waals surface area contributed by atoms with Crippen molar-refractivity contribution < 1.29 is 0 Å². The highest BCUT2D eigenvalue weighted by Crippen LogP contribution is 2.32. The third-order valence-corrected chi connectivity index (χ3v) is 5.09. The minimum Gasteiger partial charge on any atom is -0.357 e. The number of hydrogen-bond acceptors (Lipinski definition) is 2. The molecule has 0 aliphatic carbocycles. The lowest BCUT2D eigenvalue weighted by Crippen LogP contribution is -2.41. The van der Waals surface area contributed by atoms with Gasteiger partial charge in [-0.15, -0.1) is 24.0 Å². The largest absolute Gasteiger partial charge is 0.357 e. The normalized spacial score (nSPS) is 20.8. The van der Waals surface area contributed by atoms with Crippen LogP contribution in [-0.4, -0.2) is 46.4 Å². The van der Waals surface area contributed by atoms with Gasteiger partial charge in [-0.3, -0.25) is 4.99 Å². The van der Waals surface area contributed by atoms with Gasteiger partial charge in [-0.1, -0.05) is 19.9 Å². The molecule has 6 heteroatoms. The number of guanidine groups is 1. The molecule has 5 nitrogen and oxygen atoms in total. The lowest BCUT2D eigenvalue weighted by Gasteiger charge is -2.25. The molecule has 3 rings (SSSR count). The number of halogens is 1. The van der Waals surface area contributed by atoms with Crippen molar-refractivity contribution in [2.75, 3.05) is 26.2 Å². The Kier molecular flexibility index (Phi) is 7.10. The molecule has 2 aromatic heterocycles. The maximum atomic E-state index is 4.84. The van der Waals surface area contributed by atoms with Crippen LogP contribution < -0.4 is 5.32 Å². The summed E-state index contributed by atoms with van der Waals surface area (Å²) in [6.45, 7) is 10.7. The SMILES string of the molecule is CCNC(=NCCc1cn2ccccc2n1)N1CCC(C)(CC)C1.I. The van der Waals surface area contributed by atoms with Crippen molar-refractivity contribution in [2.24, 2.45) is 10.4 Å². The molecule has 0 saturated carbocycles. The van der Waals surface area contributed by atoms with Crippen molar-refractivity contribution in [1.29, 1.82) is 0 Å². The third kappa shape index (κ3) is 4.86. The molecular weight excluding hydrogens is 425 g/mol. The molecule has 1 unspecified atom stereocenters. The van der Waals surface area contributed by atoms with Gasteiger partial charge in [0.2, 0.25) is 0 Å². The smallest absolute Gasteiger partial charge is 0.193 e. The van der Waals surface area contributed by atoms with E-state index in [0.29, 0.717) is 5.41 Å². The van der Waals surface area contributed by atoms with Gasteiger partial charge < -0.3 is 14.6 Å². The first-order valence-corrected chi connectivity index (χ1v) is 9.09. The predicted molar refractivity (Wildman–Crippen MR) is 115 cm³/mol. The van der Waals surface area contributed by atoms with Crippen LogP contribution in [0.1, 0.15) is 39.3 Å². The van der Waals surface area contributed by atoms with E-state index in [-0.39, 0.29) is 24.0 Å².